The average Bonchev–Trinajstić information content (AvgIpc) is 2.67. The quantitative estimate of drug-likeness (QED) is 0.302. The summed E-state index contributed by atoms with van der Waals surface area (Å²) in [6.07, 6.45) is 0.775. The smallest absolute Gasteiger partial charge is 0.125 e. The summed E-state index contributed by atoms with van der Waals surface area (Å²) in [6, 6.07) is 15.6. The van der Waals surface area contributed by atoms with Crippen LogP contribution in [-0.4, -0.2) is 37.0 Å². The highest BCUT2D eigenvalue weighted by Gasteiger charge is 2.02. The first-order valence-electron chi connectivity index (χ1n) is 9.98. The minimum atomic E-state index is 0. The summed E-state index contributed by atoms with van der Waals surface area (Å²) in [7, 11) is 0. The van der Waals surface area contributed by atoms with E-state index >= 15 is 0 Å². The van der Waals surface area contributed by atoms with Gasteiger partial charge in [0.1, 0.15) is 23.2 Å². The number of benzene rings is 2. The molecule has 0 amide bonds. The van der Waals surface area contributed by atoms with Crippen LogP contribution in [0.1, 0.15) is 45.2 Å². The second-order valence-corrected chi connectivity index (χ2v) is 7.32. The Balaban J connectivity index is 0.00000450. The molecule has 0 aliphatic rings. The molecule has 31 heavy (non-hydrogen) atoms. The van der Waals surface area contributed by atoms with Crippen LogP contribution < -0.4 is 20.9 Å². The highest BCUT2D eigenvalue weighted by Crippen LogP contribution is 2.14. The molecule has 0 radical (unpaired) electrons. The Morgan fingerprint density at radius 1 is 0.677 bits per heavy atom. The number of nitrogens with two attached hydrogens (primary N) is 2. The van der Waals surface area contributed by atoms with Gasteiger partial charge >= 0.3 is 0 Å². The van der Waals surface area contributed by atoms with E-state index in [1.807, 2.05) is 76.2 Å². The molecule has 2 rings (SSSR count). The first-order valence-corrected chi connectivity index (χ1v) is 9.98. The highest BCUT2D eigenvalue weighted by molar-refractivity contribution is 5.98. The molecular formula is C23H34Cl2N4O2. The first-order chi connectivity index (χ1) is 13.8. The molecule has 0 aliphatic carbocycles. The third-order valence-corrected chi connectivity index (χ3v) is 3.92. The van der Waals surface area contributed by atoms with Crippen molar-refractivity contribution in [2.45, 2.75) is 46.2 Å². The number of halogens is 2. The summed E-state index contributed by atoms with van der Waals surface area (Å²) in [5.74, 6) is 2.69. The van der Waals surface area contributed by atoms with Gasteiger partial charge < -0.3 is 20.9 Å². The van der Waals surface area contributed by atoms with Gasteiger partial charge in [-0.2, -0.15) is 0 Å². The number of hydrogen-bond donors (Lipinski definition) is 2. The average molecular weight is 469 g/mol. The second kappa shape index (κ2) is 14.5. The van der Waals surface area contributed by atoms with Crippen LogP contribution in [-0.2, 0) is 0 Å². The van der Waals surface area contributed by atoms with Gasteiger partial charge in [0.25, 0.3) is 0 Å². The van der Waals surface area contributed by atoms with Gasteiger partial charge in [0.15, 0.2) is 0 Å². The summed E-state index contributed by atoms with van der Waals surface area (Å²) in [5, 5.41) is 0. The Morgan fingerprint density at radius 3 is 1.29 bits per heavy atom. The van der Waals surface area contributed by atoms with Gasteiger partial charge in [-0.1, -0.05) is 0 Å². The molecule has 0 aliphatic heterocycles. The van der Waals surface area contributed by atoms with Gasteiger partial charge in [-0.15, -0.1) is 24.8 Å². The maximum atomic E-state index is 5.97. The molecule has 4 N–H and O–H groups in total. The van der Waals surface area contributed by atoms with Gasteiger partial charge in [-0.25, -0.2) is 0 Å². The van der Waals surface area contributed by atoms with Crippen LogP contribution in [0.2, 0.25) is 0 Å². The number of aliphatic imine (C=N–C) groups is 2. The van der Waals surface area contributed by atoms with E-state index in [0.717, 1.165) is 29.0 Å². The zero-order chi connectivity index (χ0) is 21.2. The van der Waals surface area contributed by atoms with Gasteiger partial charge in [0.05, 0.1) is 13.2 Å². The van der Waals surface area contributed by atoms with E-state index in [4.69, 9.17) is 20.9 Å². The van der Waals surface area contributed by atoms with Crippen molar-refractivity contribution in [2.24, 2.45) is 21.5 Å². The third-order valence-electron chi connectivity index (χ3n) is 3.92. The zero-order valence-electron chi connectivity index (χ0n) is 18.6. The summed E-state index contributed by atoms with van der Waals surface area (Å²) < 4.78 is 11.5. The lowest BCUT2D eigenvalue weighted by atomic mass is 10.2. The Hall–Kier alpha value is -2.44. The maximum absolute atomic E-state index is 5.97. The molecule has 0 saturated carbocycles. The predicted octanol–water partition coefficient (Wildman–Crippen LogP) is 4.61. The SMILES string of the molecule is CC(C)N=C(N)c1ccc(OCCCOc2ccc(C(N)=NC(C)C)cc2)cc1.Cl.Cl. The molecule has 2 aromatic rings. The monoisotopic (exact) mass is 468 g/mol. The molecule has 2 aromatic carbocycles. The highest BCUT2D eigenvalue weighted by atomic mass is 35.5. The van der Waals surface area contributed by atoms with Crippen molar-refractivity contribution in [2.75, 3.05) is 13.2 Å². The molecule has 0 saturated heterocycles. The van der Waals surface area contributed by atoms with E-state index in [2.05, 4.69) is 9.98 Å². The van der Waals surface area contributed by atoms with Crippen LogP contribution >= 0.6 is 24.8 Å². The van der Waals surface area contributed by atoms with Crippen molar-refractivity contribution in [3.63, 3.8) is 0 Å². The number of amidine groups is 2. The number of ether oxygens (including phenoxy) is 2. The largest absolute Gasteiger partial charge is 0.493 e. The summed E-state index contributed by atoms with van der Waals surface area (Å²) in [4.78, 5) is 8.69. The Bertz CT molecular complexity index is 751. The maximum Gasteiger partial charge on any atom is 0.125 e. The van der Waals surface area contributed by atoms with Crippen molar-refractivity contribution in [3.05, 3.63) is 59.7 Å². The fourth-order valence-corrected chi connectivity index (χ4v) is 2.59. The minimum Gasteiger partial charge on any atom is -0.493 e. The molecule has 6 nitrogen and oxygen atoms in total. The first kappa shape index (κ1) is 28.6. The Labute approximate surface area is 198 Å². The molecule has 172 valence electrons. The minimum absolute atomic E-state index is 0. The van der Waals surface area contributed by atoms with Crippen molar-refractivity contribution in [1.82, 2.24) is 0 Å². The van der Waals surface area contributed by atoms with Crippen LogP contribution in [0.15, 0.2) is 58.5 Å². The van der Waals surface area contributed by atoms with Crippen LogP contribution in [0.25, 0.3) is 0 Å². The normalized spacial score (nSPS) is 11.7. The van der Waals surface area contributed by atoms with Crippen molar-refractivity contribution in [1.29, 1.82) is 0 Å². The molecule has 0 atom stereocenters. The fourth-order valence-electron chi connectivity index (χ4n) is 2.59. The van der Waals surface area contributed by atoms with Gasteiger partial charge in [-0.05, 0) is 76.2 Å². The van der Waals surface area contributed by atoms with E-state index in [1.165, 1.54) is 0 Å². The zero-order valence-corrected chi connectivity index (χ0v) is 20.2. The molecule has 0 fully saturated rings. The number of rotatable bonds is 10. The molecule has 0 heterocycles. The van der Waals surface area contributed by atoms with E-state index < -0.39 is 0 Å². The van der Waals surface area contributed by atoms with Crippen molar-refractivity contribution in [3.8, 4) is 11.5 Å². The lowest BCUT2D eigenvalue weighted by molar-refractivity contribution is 0.247. The van der Waals surface area contributed by atoms with E-state index in [-0.39, 0.29) is 36.9 Å². The lowest BCUT2D eigenvalue weighted by Crippen LogP contribution is -2.15. The summed E-state index contributed by atoms with van der Waals surface area (Å²) >= 11 is 0. The number of hydrogen-bond acceptors (Lipinski definition) is 4. The van der Waals surface area contributed by atoms with Crippen LogP contribution in [0.5, 0.6) is 11.5 Å². The number of nitrogens with zero attached hydrogens (tertiary/aromatic N) is 2. The molecule has 0 unspecified atom stereocenters. The second-order valence-electron chi connectivity index (χ2n) is 7.32. The molecule has 0 aromatic heterocycles. The summed E-state index contributed by atoms with van der Waals surface area (Å²) in [5.41, 5.74) is 13.7. The van der Waals surface area contributed by atoms with Crippen molar-refractivity contribution < 1.29 is 9.47 Å². The van der Waals surface area contributed by atoms with E-state index in [0.29, 0.717) is 24.9 Å². The van der Waals surface area contributed by atoms with Gasteiger partial charge in [-0.3, -0.25) is 9.98 Å². The third kappa shape index (κ3) is 10.4. The topological polar surface area (TPSA) is 95.2 Å². The van der Waals surface area contributed by atoms with Crippen LogP contribution in [0.3, 0.4) is 0 Å². The lowest BCUT2D eigenvalue weighted by Gasteiger charge is -2.10. The van der Waals surface area contributed by atoms with Crippen LogP contribution in [0.4, 0.5) is 0 Å². The standard InChI is InChI=1S/C23H32N4O2.2ClH/c1-16(2)26-22(24)18-6-10-20(11-7-18)28-14-5-15-29-21-12-8-19(9-13-21)23(25)27-17(3)4;;/h6-13,16-17H,5,14-15H2,1-4H3,(H2,24,26)(H2,25,27);2*1H. The van der Waals surface area contributed by atoms with Gasteiger partial charge in [0, 0.05) is 29.6 Å². The molecule has 0 spiro atoms. The van der Waals surface area contributed by atoms with Crippen LogP contribution in [0, 0.1) is 0 Å². The molecular weight excluding hydrogens is 435 g/mol. The summed E-state index contributed by atoms with van der Waals surface area (Å²) in [6.45, 7) is 9.13. The molecule has 0 bridgehead atoms. The van der Waals surface area contributed by atoms with E-state index in [9.17, 15) is 0 Å². The fraction of sp³-hybridized carbons (Fsp3) is 0.391. The predicted molar refractivity (Wildman–Crippen MR) is 135 cm³/mol. The molecule has 8 heteroatoms. The van der Waals surface area contributed by atoms with Crippen molar-refractivity contribution >= 4 is 36.5 Å². The van der Waals surface area contributed by atoms with E-state index in [1.54, 1.807) is 0 Å². The Morgan fingerprint density at radius 2 is 1.00 bits per heavy atom. The Kier molecular flexibility index (Phi) is 13.4. The van der Waals surface area contributed by atoms with Gasteiger partial charge in [0.2, 0.25) is 0 Å².